The predicted octanol–water partition coefficient (Wildman–Crippen LogP) is 1.14. The number of amides is 2. The number of alkyl halides is 2. The molecule has 0 spiro atoms. The first-order valence-electron chi connectivity index (χ1n) is 8.16. The number of nitrogens with zero attached hydrogens (tertiary/aromatic N) is 2. The molecule has 0 bridgehead atoms. The average molecular weight is 363 g/mol. The second kappa shape index (κ2) is 7.61. The summed E-state index contributed by atoms with van der Waals surface area (Å²) < 4.78 is 27.8. The molecule has 1 aromatic carbocycles. The lowest BCUT2D eigenvalue weighted by atomic mass is 10.1. The fourth-order valence-electron chi connectivity index (χ4n) is 2.71. The van der Waals surface area contributed by atoms with Crippen LogP contribution in [0.5, 0.6) is 0 Å². The van der Waals surface area contributed by atoms with Gasteiger partial charge in [0.1, 0.15) is 6.54 Å². The summed E-state index contributed by atoms with van der Waals surface area (Å²) in [6, 6.07) is 7.81. The van der Waals surface area contributed by atoms with Crippen molar-refractivity contribution in [1.82, 2.24) is 20.4 Å². The maximum Gasteiger partial charge on any atom is 0.262 e. The number of hydrogen-bond donors (Lipinski definition) is 3. The average Bonchev–Trinajstić information content (AvgIpc) is 3.22. The van der Waals surface area contributed by atoms with Gasteiger partial charge in [-0.15, -0.1) is 0 Å². The molecule has 9 heteroatoms. The Bertz CT molecular complexity index is 779. The Hall–Kier alpha value is -2.81. The minimum Gasteiger partial charge on any atom is -0.351 e. The molecule has 26 heavy (non-hydrogen) atoms. The zero-order valence-corrected chi connectivity index (χ0v) is 13.9. The first kappa shape index (κ1) is 18.0. The smallest absolute Gasteiger partial charge is 0.262 e. The van der Waals surface area contributed by atoms with Gasteiger partial charge in [-0.05, 0) is 23.8 Å². The summed E-state index contributed by atoms with van der Waals surface area (Å²) in [7, 11) is 0. The van der Waals surface area contributed by atoms with E-state index in [0.717, 1.165) is 5.56 Å². The highest BCUT2D eigenvalue weighted by molar-refractivity contribution is 5.90. The third-order valence-electron chi connectivity index (χ3n) is 3.97. The lowest BCUT2D eigenvalue weighted by Gasteiger charge is -2.12. The van der Waals surface area contributed by atoms with Crippen LogP contribution in [0.3, 0.4) is 0 Å². The van der Waals surface area contributed by atoms with Gasteiger partial charge in [-0.1, -0.05) is 12.1 Å². The summed E-state index contributed by atoms with van der Waals surface area (Å²) in [5.74, 6) is -3.54. The molecule has 2 amide bonds. The molecule has 138 valence electrons. The van der Waals surface area contributed by atoms with Gasteiger partial charge >= 0.3 is 0 Å². The summed E-state index contributed by atoms with van der Waals surface area (Å²) in [5, 5.41) is 11.9. The van der Waals surface area contributed by atoms with Gasteiger partial charge in [0.25, 0.3) is 5.92 Å². The van der Waals surface area contributed by atoms with Crippen molar-refractivity contribution < 1.29 is 18.4 Å². The number of carbonyl (C=O) groups excluding carboxylic acids is 2. The molecule has 1 aromatic heterocycles. The minimum absolute atomic E-state index is 0.0928. The first-order valence-corrected chi connectivity index (χ1v) is 8.16. The number of rotatable bonds is 6. The number of hydrogen-bond acceptors (Lipinski definition) is 4. The zero-order chi connectivity index (χ0) is 18.6. The normalized spacial score (nSPS) is 18.5. The highest BCUT2D eigenvalue weighted by atomic mass is 19.3. The second-order valence-corrected chi connectivity index (χ2v) is 6.16. The standard InChI is InChI=1S/C17H19F2N5O2/c18-17(19)8-14(21-11-17)16(26)20-9-12-3-1-4-13(7-12)23-15(25)10-24-6-2-5-22-24/h1-7,14,21H,8-11H2,(H,20,26)(H,23,25). The summed E-state index contributed by atoms with van der Waals surface area (Å²) in [5.41, 5.74) is 1.33. The van der Waals surface area contributed by atoms with E-state index < -0.39 is 30.8 Å². The van der Waals surface area contributed by atoms with Crippen molar-refractivity contribution in [3.63, 3.8) is 0 Å². The molecule has 7 nitrogen and oxygen atoms in total. The number of anilines is 1. The molecule has 0 aliphatic carbocycles. The fraction of sp³-hybridized carbons (Fsp3) is 0.353. The molecular formula is C17H19F2N5O2. The van der Waals surface area contributed by atoms with Crippen LogP contribution in [0.2, 0.25) is 0 Å². The minimum atomic E-state index is -2.85. The topological polar surface area (TPSA) is 88.1 Å². The Morgan fingerprint density at radius 3 is 2.88 bits per heavy atom. The Balaban J connectivity index is 1.51. The monoisotopic (exact) mass is 363 g/mol. The highest BCUT2D eigenvalue weighted by Crippen LogP contribution is 2.25. The van der Waals surface area contributed by atoms with E-state index in [9.17, 15) is 18.4 Å². The number of aromatic nitrogens is 2. The summed E-state index contributed by atoms with van der Waals surface area (Å²) in [6.45, 7) is -0.205. The quantitative estimate of drug-likeness (QED) is 0.718. The van der Waals surface area contributed by atoms with Crippen molar-refractivity contribution in [3.8, 4) is 0 Å². The maximum atomic E-state index is 13.1. The van der Waals surface area contributed by atoms with Gasteiger partial charge in [0.05, 0.1) is 12.6 Å². The molecule has 3 N–H and O–H groups in total. The van der Waals surface area contributed by atoms with E-state index in [1.165, 1.54) is 4.68 Å². The number of benzene rings is 1. The first-order chi connectivity index (χ1) is 12.4. The van der Waals surface area contributed by atoms with Crippen LogP contribution in [-0.2, 0) is 22.7 Å². The molecule has 1 unspecified atom stereocenters. The molecule has 1 atom stereocenters. The molecule has 1 aliphatic rings. The lowest BCUT2D eigenvalue weighted by Crippen LogP contribution is -2.40. The van der Waals surface area contributed by atoms with Crippen molar-refractivity contribution in [2.24, 2.45) is 0 Å². The molecule has 2 aromatic rings. The largest absolute Gasteiger partial charge is 0.351 e. The number of halogens is 2. The van der Waals surface area contributed by atoms with E-state index in [2.05, 4.69) is 21.0 Å². The van der Waals surface area contributed by atoms with Gasteiger partial charge in [0.2, 0.25) is 11.8 Å². The van der Waals surface area contributed by atoms with Gasteiger partial charge in [0, 0.05) is 31.0 Å². The zero-order valence-electron chi connectivity index (χ0n) is 13.9. The van der Waals surface area contributed by atoms with E-state index in [4.69, 9.17) is 0 Å². The molecule has 1 saturated heterocycles. The second-order valence-electron chi connectivity index (χ2n) is 6.16. The third kappa shape index (κ3) is 4.85. The van der Waals surface area contributed by atoms with E-state index in [1.54, 1.807) is 42.7 Å². The third-order valence-corrected chi connectivity index (χ3v) is 3.97. The molecular weight excluding hydrogens is 344 g/mol. The predicted molar refractivity (Wildman–Crippen MR) is 90.5 cm³/mol. The van der Waals surface area contributed by atoms with E-state index in [1.807, 2.05) is 0 Å². The van der Waals surface area contributed by atoms with Crippen LogP contribution < -0.4 is 16.0 Å². The van der Waals surface area contributed by atoms with Gasteiger partial charge in [-0.25, -0.2) is 8.78 Å². The van der Waals surface area contributed by atoms with Crippen LogP contribution >= 0.6 is 0 Å². The van der Waals surface area contributed by atoms with Crippen molar-refractivity contribution >= 4 is 17.5 Å². The van der Waals surface area contributed by atoms with E-state index in [0.29, 0.717) is 5.69 Å². The molecule has 3 rings (SSSR count). The van der Waals surface area contributed by atoms with Crippen molar-refractivity contribution in [3.05, 3.63) is 48.3 Å². The van der Waals surface area contributed by atoms with Crippen LogP contribution in [0.25, 0.3) is 0 Å². The Morgan fingerprint density at radius 2 is 2.19 bits per heavy atom. The molecule has 0 saturated carbocycles. The Kier molecular flexibility index (Phi) is 5.27. The summed E-state index contributed by atoms with van der Waals surface area (Å²) >= 11 is 0. The van der Waals surface area contributed by atoms with Crippen molar-refractivity contribution in [2.75, 3.05) is 11.9 Å². The molecule has 1 fully saturated rings. The lowest BCUT2D eigenvalue weighted by molar-refractivity contribution is -0.123. The van der Waals surface area contributed by atoms with Crippen LogP contribution in [0, 0.1) is 0 Å². The van der Waals surface area contributed by atoms with Gasteiger partial charge in [-0.2, -0.15) is 5.10 Å². The van der Waals surface area contributed by atoms with Gasteiger partial charge in [-0.3, -0.25) is 19.6 Å². The van der Waals surface area contributed by atoms with Crippen molar-refractivity contribution in [1.29, 1.82) is 0 Å². The Morgan fingerprint density at radius 1 is 1.35 bits per heavy atom. The van der Waals surface area contributed by atoms with Crippen molar-refractivity contribution in [2.45, 2.75) is 31.5 Å². The van der Waals surface area contributed by atoms with Crippen LogP contribution in [0.15, 0.2) is 42.7 Å². The fourth-order valence-corrected chi connectivity index (χ4v) is 2.71. The highest BCUT2D eigenvalue weighted by Gasteiger charge is 2.42. The van der Waals surface area contributed by atoms with Gasteiger partial charge < -0.3 is 10.6 Å². The van der Waals surface area contributed by atoms with Crippen LogP contribution in [-0.4, -0.2) is 40.1 Å². The van der Waals surface area contributed by atoms with Gasteiger partial charge in [0.15, 0.2) is 0 Å². The van der Waals surface area contributed by atoms with E-state index >= 15 is 0 Å². The SMILES string of the molecule is O=C(Cn1cccn1)Nc1cccc(CNC(=O)C2CC(F)(F)CN2)c1. The molecule has 0 radical (unpaired) electrons. The maximum absolute atomic E-state index is 13.1. The molecule has 1 aliphatic heterocycles. The Labute approximate surface area is 148 Å². The molecule has 2 heterocycles. The van der Waals surface area contributed by atoms with E-state index in [-0.39, 0.29) is 19.0 Å². The number of nitrogens with one attached hydrogen (secondary N) is 3. The summed E-state index contributed by atoms with van der Waals surface area (Å²) in [4.78, 5) is 23.9. The van der Waals surface area contributed by atoms with Crippen LogP contribution in [0.4, 0.5) is 14.5 Å². The number of carbonyl (C=O) groups is 2. The summed E-state index contributed by atoms with van der Waals surface area (Å²) in [6.07, 6.45) is 2.78. The van der Waals surface area contributed by atoms with Crippen LogP contribution in [0.1, 0.15) is 12.0 Å².